The number of phenols is 1. The minimum absolute atomic E-state index is 0.132. The summed E-state index contributed by atoms with van der Waals surface area (Å²) in [4.78, 5) is 12.0. The SMILES string of the molecule is Cc1ccc(C(=O)NCCNC2CCCCCC2)cc1O. The number of hydrogen-bond acceptors (Lipinski definition) is 3. The number of aromatic hydroxyl groups is 1. The standard InChI is InChI=1S/C17H26N2O2/c1-13-8-9-14(12-16(13)20)17(21)19-11-10-18-15-6-4-2-3-5-7-15/h8-9,12,15,18,20H,2-7,10-11H2,1H3,(H,19,21). The molecule has 0 heterocycles. The maximum Gasteiger partial charge on any atom is 0.251 e. The fourth-order valence-electron chi connectivity index (χ4n) is 2.79. The van der Waals surface area contributed by atoms with E-state index in [0.717, 1.165) is 12.1 Å². The quantitative estimate of drug-likeness (QED) is 0.577. The summed E-state index contributed by atoms with van der Waals surface area (Å²) in [7, 11) is 0. The summed E-state index contributed by atoms with van der Waals surface area (Å²) in [5.74, 6) is 0.0344. The number of carbonyl (C=O) groups excluding carboxylic acids is 1. The summed E-state index contributed by atoms with van der Waals surface area (Å²) >= 11 is 0. The van der Waals surface area contributed by atoms with Gasteiger partial charge in [0.25, 0.3) is 5.91 Å². The first kappa shape index (κ1) is 15.8. The van der Waals surface area contributed by atoms with Crippen LogP contribution < -0.4 is 10.6 Å². The van der Waals surface area contributed by atoms with Crippen LogP contribution in [0.4, 0.5) is 0 Å². The summed E-state index contributed by atoms with van der Waals surface area (Å²) in [5, 5.41) is 16.0. The monoisotopic (exact) mass is 290 g/mol. The molecular weight excluding hydrogens is 264 g/mol. The highest BCUT2D eigenvalue weighted by atomic mass is 16.3. The maximum absolute atomic E-state index is 12.0. The Morgan fingerprint density at radius 2 is 1.90 bits per heavy atom. The minimum atomic E-state index is -0.132. The highest BCUT2D eigenvalue weighted by Crippen LogP contribution is 2.18. The molecule has 0 atom stereocenters. The van der Waals surface area contributed by atoms with Gasteiger partial charge >= 0.3 is 0 Å². The van der Waals surface area contributed by atoms with Crippen molar-refractivity contribution in [3.63, 3.8) is 0 Å². The zero-order valence-corrected chi connectivity index (χ0v) is 12.8. The first-order chi connectivity index (χ1) is 10.2. The molecule has 0 bridgehead atoms. The molecule has 0 unspecified atom stereocenters. The smallest absolute Gasteiger partial charge is 0.251 e. The van der Waals surface area contributed by atoms with E-state index in [1.807, 2.05) is 6.92 Å². The fraction of sp³-hybridized carbons (Fsp3) is 0.588. The molecule has 1 aliphatic carbocycles. The molecule has 0 saturated heterocycles. The van der Waals surface area contributed by atoms with E-state index in [-0.39, 0.29) is 11.7 Å². The van der Waals surface area contributed by atoms with Gasteiger partial charge in [0.15, 0.2) is 0 Å². The summed E-state index contributed by atoms with van der Waals surface area (Å²) < 4.78 is 0. The molecule has 1 aliphatic rings. The number of phenolic OH excluding ortho intramolecular Hbond substituents is 1. The lowest BCUT2D eigenvalue weighted by molar-refractivity contribution is 0.0953. The van der Waals surface area contributed by atoms with E-state index in [0.29, 0.717) is 18.2 Å². The molecule has 0 radical (unpaired) electrons. The molecule has 1 aromatic rings. The van der Waals surface area contributed by atoms with Crippen molar-refractivity contribution in [1.82, 2.24) is 10.6 Å². The molecule has 116 valence electrons. The number of benzene rings is 1. The third-order valence-electron chi connectivity index (χ3n) is 4.17. The fourth-order valence-corrected chi connectivity index (χ4v) is 2.79. The van der Waals surface area contributed by atoms with Gasteiger partial charge in [-0.15, -0.1) is 0 Å². The zero-order chi connectivity index (χ0) is 15.1. The second kappa shape index (κ2) is 8.03. The molecule has 0 aromatic heterocycles. The lowest BCUT2D eigenvalue weighted by atomic mass is 10.1. The Balaban J connectivity index is 1.70. The summed E-state index contributed by atoms with van der Waals surface area (Å²) in [6.07, 6.45) is 7.83. The van der Waals surface area contributed by atoms with Gasteiger partial charge in [0.05, 0.1) is 0 Å². The summed E-state index contributed by atoms with van der Waals surface area (Å²) in [6.45, 7) is 3.23. The molecule has 2 rings (SSSR count). The van der Waals surface area contributed by atoms with E-state index in [1.54, 1.807) is 12.1 Å². The van der Waals surface area contributed by atoms with Crippen LogP contribution in [0, 0.1) is 6.92 Å². The molecule has 0 aliphatic heterocycles. The maximum atomic E-state index is 12.0. The van der Waals surface area contributed by atoms with Crippen LogP contribution in [-0.4, -0.2) is 30.1 Å². The van der Waals surface area contributed by atoms with Gasteiger partial charge < -0.3 is 15.7 Å². The van der Waals surface area contributed by atoms with Crippen molar-refractivity contribution in [2.45, 2.75) is 51.5 Å². The molecule has 1 aromatic carbocycles. The second-order valence-corrected chi connectivity index (χ2v) is 5.90. The van der Waals surface area contributed by atoms with Crippen LogP contribution in [0.15, 0.2) is 18.2 Å². The van der Waals surface area contributed by atoms with Gasteiger partial charge in [-0.25, -0.2) is 0 Å². The Labute approximate surface area is 126 Å². The van der Waals surface area contributed by atoms with Gasteiger partial charge in [-0.3, -0.25) is 4.79 Å². The normalized spacial score (nSPS) is 16.4. The number of aryl methyl sites for hydroxylation is 1. The average Bonchev–Trinajstić information content (AvgIpc) is 2.75. The molecule has 1 amide bonds. The predicted molar refractivity (Wildman–Crippen MR) is 84.7 cm³/mol. The zero-order valence-electron chi connectivity index (χ0n) is 12.8. The second-order valence-electron chi connectivity index (χ2n) is 5.90. The van der Waals surface area contributed by atoms with Gasteiger partial charge in [0.2, 0.25) is 0 Å². The van der Waals surface area contributed by atoms with Crippen LogP contribution in [-0.2, 0) is 0 Å². The molecule has 3 N–H and O–H groups in total. The van der Waals surface area contributed by atoms with Crippen LogP contribution in [0.3, 0.4) is 0 Å². The first-order valence-electron chi connectivity index (χ1n) is 7.98. The lowest BCUT2D eigenvalue weighted by Crippen LogP contribution is -2.36. The van der Waals surface area contributed by atoms with Gasteiger partial charge in [-0.1, -0.05) is 31.7 Å². The van der Waals surface area contributed by atoms with Crippen LogP contribution in [0.2, 0.25) is 0 Å². The Hall–Kier alpha value is -1.55. The van der Waals surface area contributed by atoms with E-state index in [2.05, 4.69) is 10.6 Å². The van der Waals surface area contributed by atoms with Gasteiger partial charge in [-0.05, 0) is 37.5 Å². The molecule has 1 fully saturated rings. The van der Waals surface area contributed by atoms with E-state index in [1.165, 1.54) is 44.6 Å². The number of amides is 1. The molecule has 4 heteroatoms. The van der Waals surface area contributed by atoms with Crippen molar-refractivity contribution in [2.24, 2.45) is 0 Å². The number of nitrogens with one attached hydrogen (secondary N) is 2. The Morgan fingerprint density at radius 1 is 1.19 bits per heavy atom. The summed E-state index contributed by atoms with van der Waals surface area (Å²) in [6, 6.07) is 5.62. The molecule has 4 nitrogen and oxygen atoms in total. The van der Waals surface area contributed by atoms with Crippen LogP contribution in [0.1, 0.15) is 54.4 Å². The van der Waals surface area contributed by atoms with Crippen molar-refractivity contribution in [3.05, 3.63) is 29.3 Å². The predicted octanol–water partition coefficient (Wildman–Crippen LogP) is 2.74. The van der Waals surface area contributed by atoms with Crippen molar-refractivity contribution < 1.29 is 9.90 Å². The van der Waals surface area contributed by atoms with Crippen molar-refractivity contribution in [2.75, 3.05) is 13.1 Å². The van der Waals surface area contributed by atoms with E-state index in [4.69, 9.17) is 0 Å². The van der Waals surface area contributed by atoms with E-state index in [9.17, 15) is 9.90 Å². The highest BCUT2D eigenvalue weighted by Gasteiger charge is 2.11. The third kappa shape index (κ3) is 5.05. The van der Waals surface area contributed by atoms with Crippen LogP contribution in [0.25, 0.3) is 0 Å². The third-order valence-corrected chi connectivity index (χ3v) is 4.17. The Morgan fingerprint density at radius 3 is 2.57 bits per heavy atom. The Bertz CT molecular complexity index is 466. The lowest BCUT2D eigenvalue weighted by Gasteiger charge is -2.16. The topological polar surface area (TPSA) is 61.4 Å². The largest absolute Gasteiger partial charge is 0.508 e. The average molecular weight is 290 g/mol. The van der Waals surface area contributed by atoms with E-state index < -0.39 is 0 Å². The van der Waals surface area contributed by atoms with Gasteiger partial charge in [0, 0.05) is 24.7 Å². The number of hydrogen-bond donors (Lipinski definition) is 3. The molecular formula is C17H26N2O2. The molecule has 21 heavy (non-hydrogen) atoms. The van der Waals surface area contributed by atoms with Crippen LogP contribution in [0.5, 0.6) is 5.75 Å². The van der Waals surface area contributed by atoms with Gasteiger partial charge in [-0.2, -0.15) is 0 Å². The first-order valence-corrected chi connectivity index (χ1v) is 7.98. The van der Waals surface area contributed by atoms with E-state index >= 15 is 0 Å². The number of rotatable bonds is 5. The van der Waals surface area contributed by atoms with Crippen molar-refractivity contribution >= 4 is 5.91 Å². The highest BCUT2D eigenvalue weighted by molar-refractivity contribution is 5.94. The van der Waals surface area contributed by atoms with Crippen molar-refractivity contribution in [3.8, 4) is 5.75 Å². The van der Waals surface area contributed by atoms with Crippen LogP contribution >= 0.6 is 0 Å². The molecule has 0 spiro atoms. The molecule has 1 saturated carbocycles. The summed E-state index contributed by atoms with van der Waals surface area (Å²) in [5.41, 5.74) is 1.29. The Kier molecular flexibility index (Phi) is 6.05. The number of carbonyl (C=O) groups is 1. The minimum Gasteiger partial charge on any atom is -0.508 e. The van der Waals surface area contributed by atoms with Gasteiger partial charge in [0.1, 0.15) is 5.75 Å². The van der Waals surface area contributed by atoms with Crippen molar-refractivity contribution in [1.29, 1.82) is 0 Å².